The van der Waals surface area contributed by atoms with Crippen LogP contribution in [0.1, 0.15) is 6.42 Å². The lowest BCUT2D eigenvalue weighted by Gasteiger charge is -2.36. The molecule has 1 N–H and O–H groups in total. The van der Waals surface area contributed by atoms with Crippen molar-refractivity contribution in [2.45, 2.75) is 23.8 Å². The number of carbonyl (C=O) groups is 1. The molecule has 8 nitrogen and oxygen atoms in total. The van der Waals surface area contributed by atoms with Gasteiger partial charge in [0.25, 0.3) is 0 Å². The maximum atomic E-state index is 12.5. The van der Waals surface area contributed by atoms with Crippen LogP contribution < -0.4 is 4.74 Å². The summed E-state index contributed by atoms with van der Waals surface area (Å²) in [6.45, 7) is 0.813. The summed E-state index contributed by atoms with van der Waals surface area (Å²) in [5.41, 5.74) is 0. The Bertz CT molecular complexity index is 979. The lowest BCUT2D eigenvalue weighted by atomic mass is 10.0. The van der Waals surface area contributed by atoms with Crippen LogP contribution in [-0.4, -0.2) is 66.7 Å². The van der Waals surface area contributed by atoms with E-state index in [-0.39, 0.29) is 24.3 Å². The summed E-state index contributed by atoms with van der Waals surface area (Å²) < 4.78 is 7.77. The molecule has 0 radical (unpaired) electrons. The maximum absolute atomic E-state index is 12.5. The molecule has 1 aliphatic heterocycles. The van der Waals surface area contributed by atoms with Gasteiger partial charge in [-0.15, -0.1) is 10.2 Å². The number of hydrogen-bond acceptors (Lipinski definition) is 7. The number of amides is 1. The zero-order valence-corrected chi connectivity index (χ0v) is 16.2. The molecule has 9 heteroatoms. The van der Waals surface area contributed by atoms with Crippen LogP contribution in [-0.2, 0) is 11.8 Å². The van der Waals surface area contributed by atoms with Gasteiger partial charge in [0.1, 0.15) is 24.3 Å². The maximum Gasteiger partial charge on any atom is 0.233 e. The number of carbonyl (C=O) groups excluding carboxylic acids is 1. The molecule has 28 heavy (non-hydrogen) atoms. The van der Waals surface area contributed by atoms with Crippen molar-refractivity contribution >= 4 is 28.4 Å². The predicted molar refractivity (Wildman–Crippen MR) is 105 cm³/mol. The molecule has 1 fully saturated rings. The summed E-state index contributed by atoms with van der Waals surface area (Å²) in [5, 5.41) is 21.0. The molecule has 1 aromatic carbocycles. The highest BCUT2D eigenvalue weighted by Crippen LogP contribution is 2.24. The molecule has 1 saturated heterocycles. The van der Waals surface area contributed by atoms with Gasteiger partial charge in [-0.3, -0.25) is 9.78 Å². The van der Waals surface area contributed by atoms with Gasteiger partial charge in [0.15, 0.2) is 5.16 Å². The van der Waals surface area contributed by atoms with Gasteiger partial charge in [-0.1, -0.05) is 17.8 Å². The SMILES string of the molecule is Cn1cnnc1SCC(=O)N1CC[C@@H](Oc2ccc3ccncc3c2)[C@H](O)C1. The van der Waals surface area contributed by atoms with Crippen LogP contribution in [0.15, 0.2) is 48.1 Å². The number of aliphatic hydroxyl groups is 1. The first-order valence-corrected chi connectivity index (χ1v) is 10.0. The lowest BCUT2D eigenvalue weighted by molar-refractivity contribution is -0.134. The summed E-state index contributed by atoms with van der Waals surface area (Å²) in [6, 6.07) is 7.73. The summed E-state index contributed by atoms with van der Waals surface area (Å²) in [5.74, 6) is 0.937. The first-order valence-electron chi connectivity index (χ1n) is 9.03. The van der Waals surface area contributed by atoms with Crippen molar-refractivity contribution in [1.29, 1.82) is 0 Å². The van der Waals surface area contributed by atoms with Crippen molar-refractivity contribution in [3.63, 3.8) is 0 Å². The third-order valence-electron chi connectivity index (χ3n) is 4.77. The Balaban J connectivity index is 1.32. The minimum Gasteiger partial charge on any atom is -0.488 e. The molecular weight excluding hydrogens is 378 g/mol. The number of aromatic nitrogens is 4. The van der Waals surface area contributed by atoms with Crippen molar-refractivity contribution in [2.24, 2.45) is 7.05 Å². The summed E-state index contributed by atoms with van der Waals surface area (Å²) in [6.07, 6.45) is 4.64. The number of hydrogen-bond donors (Lipinski definition) is 1. The van der Waals surface area contributed by atoms with Gasteiger partial charge >= 0.3 is 0 Å². The number of pyridine rings is 1. The van der Waals surface area contributed by atoms with Crippen LogP contribution in [0.4, 0.5) is 0 Å². The largest absolute Gasteiger partial charge is 0.488 e. The van der Waals surface area contributed by atoms with Gasteiger partial charge in [0.05, 0.1) is 12.3 Å². The number of nitrogens with zero attached hydrogens (tertiary/aromatic N) is 5. The van der Waals surface area contributed by atoms with Gasteiger partial charge in [0, 0.05) is 37.8 Å². The summed E-state index contributed by atoms with van der Waals surface area (Å²) in [4.78, 5) is 18.3. The topological polar surface area (TPSA) is 93.4 Å². The second-order valence-corrected chi connectivity index (χ2v) is 7.69. The number of likely N-dealkylation sites (tertiary alicyclic amines) is 1. The number of benzene rings is 1. The average Bonchev–Trinajstić information content (AvgIpc) is 3.12. The van der Waals surface area contributed by atoms with Gasteiger partial charge in [-0.25, -0.2) is 0 Å². The molecule has 4 rings (SSSR count). The van der Waals surface area contributed by atoms with Crippen molar-refractivity contribution in [3.8, 4) is 5.75 Å². The molecule has 0 spiro atoms. The normalized spacial score (nSPS) is 19.7. The standard InChI is InChI=1S/C19H21N5O3S/c1-23-12-21-22-19(23)28-11-18(26)24-7-5-17(16(25)10-24)27-15-3-2-13-4-6-20-9-14(13)8-15/h2-4,6,8-9,12,16-17,25H,5,7,10-11H2,1H3/t16-,17-/m1/s1. The van der Waals surface area contributed by atoms with Crippen molar-refractivity contribution in [1.82, 2.24) is 24.6 Å². The van der Waals surface area contributed by atoms with Gasteiger partial charge in [0.2, 0.25) is 5.91 Å². The molecular formula is C19H21N5O3S. The van der Waals surface area contributed by atoms with Crippen LogP contribution in [0.2, 0.25) is 0 Å². The van der Waals surface area contributed by atoms with E-state index in [0.29, 0.717) is 23.9 Å². The highest BCUT2D eigenvalue weighted by Gasteiger charge is 2.31. The van der Waals surface area contributed by atoms with E-state index in [2.05, 4.69) is 15.2 Å². The number of ether oxygens (including phenoxy) is 1. The molecule has 0 aliphatic carbocycles. The van der Waals surface area contributed by atoms with E-state index in [1.54, 1.807) is 28.2 Å². The molecule has 1 amide bonds. The zero-order valence-electron chi connectivity index (χ0n) is 15.4. The molecule has 146 valence electrons. The quantitative estimate of drug-likeness (QED) is 0.650. The van der Waals surface area contributed by atoms with Gasteiger partial charge in [-0.2, -0.15) is 0 Å². The number of β-amino-alcohol motifs (C(OH)–C–C–N with tert-alkyl or cyclic N) is 1. The molecule has 1 aliphatic rings. The van der Waals surface area contributed by atoms with E-state index < -0.39 is 6.10 Å². The fraction of sp³-hybridized carbons (Fsp3) is 0.368. The molecule has 0 bridgehead atoms. The third-order valence-corrected chi connectivity index (χ3v) is 5.79. The fourth-order valence-corrected chi connectivity index (χ4v) is 4.00. The molecule has 0 unspecified atom stereocenters. The molecule has 3 aromatic rings. The van der Waals surface area contributed by atoms with Crippen LogP contribution in [0.3, 0.4) is 0 Å². The van der Waals surface area contributed by atoms with Gasteiger partial charge < -0.3 is 19.3 Å². The Labute approximate surface area is 166 Å². The highest BCUT2D eigenvalue weighted by molar-refractivity contribution is 7.99. The van der Waals surface area contributed by atoms with E-state index in [1.165, 1.54) is 11.8 Å². The Hall–Kier alpha value is -2.65. The number of aliphatic hydroxyl groups excluding tert-OH is 1. The third kappa shape index (κ3) is 4.10. The Morgan fingerprint density at radius 1 is 1.36 bits per heavy atom. The highest BCUT2D eigenvalue weighted by atomic mass is 32.2. The first-order chi connectivity index (χ1) is 13.6. The zero-order chi connectivity index (χ0) is 19.5. The van der Waals surface area contributed by atoms with E-state index in [4.69, 9.17) is 4.74 Å². The Morgan fingerprint density at radius 3 is 3.04 bits per heavy atom. The summed E-state index contributed by atoms with van der Waals surface area (Å²) >= 11 is 1.34. The lowest BCUT2D eigenvalue weighted by Crippen LogP contribution is -2.51. The van der Waals surface area contributed by atoms with Crippen LogP contribution in [0, 0.1) is 0 Å². The second-order valence-electron chi connectivity index (χ2n) is 6.75. The number of rotatable bonds is 5. The minimum atomic E-state index is -0.734. The number of fused-ring (bicyclic) bond motifs is 1. The smallest absolute Gasteiger partial charge is 0.233 e. The minimum absolute atomic E-state index is 0.0257. The average molecular weight is 399 g/mol. The van der Waals surface area contributed by atoms with Crippen molar-refractivity contribution < 1.29 is 14.6 Å². The Morgan fingerprint density at radius 2 is 2.25 bits per heavy atom. The van der Waals surface area contributed by atoms with Gasteiger partial charge in [-0.05, 0) is 23.6 Å². The monoisotopic (exact) mass is 399 g/mol. The number of aryl methyl sites for hydroxylation is 1. The van der Waals surface area contributed by atoms with E-state index in [0.717, 1.165) is 10.8 Å². The van der Waals surface area contributed by atoms with Crippen LogP contribution in [0.5, 0.6) is 5.75 Å². The molecule has 0 saturated carbocycles. The molecule has 2 aromatic heterocycles. The van der Waals surface area contributed by atoms with Crippen LogP contribution >= 0.6 is 11.8 Å². The number of thioether (sulfide) groups is 1. The molecule has 3 heterocycles. The van der Waals surface area contributed by atoms with Crippen molar-refractivity contribution in [2.75, 3.05) is 18.8 Å². The first kappa shape index (κ1) is 18.7. The number of piperidine rings is 1. The van der Waals surface area contributed by atoms with E-state index >= 15 is 0 Å². The van der Waals surface area contributed by atoms with Crippen molar-refractivity contribution in [3.05, 3.63) is 43.0 Å². The Kier molecular flexibility index (Phi) is 5.45. The summed E-state index contributed by atoms with van der Waals surface area (Å²) in [7, 11) is 1.84. The van der Waals surface area contributed by atoms with Crippen LogP contribution in [0.25, 0.3) is 10.8 Å². The molecule has 2 atom stereocenters. The van der Waals surface area contributed by atoms with E-state index in [9.17, 15) is 9.90 Å². The van der Waals surface area contributed by atoms with E-state index in [1.807, 2.05) is 31.3 Å². The predicted octanol–water partition coefficient (Wildman–Crippen LogP) is 1.50. The fourth-order valence-electron chi connectivity index (χ4n) is 3.21. The second kappa shape index (κ2) is 8.15.